The van der Waals surface area contributed by atoms with Crippen LogP contribution in [0.5, 0.6) is 17.2 Å². The fraction of sp³-hybridized carbons (Fsp3) is 0.303. The van der Waals surface area contributed by atoms with E-state index in [0.29, 0.717) is 55.5 Å². The number of fused-ring (bicyclic) bond motifs is 1. The van der Waals surface area contributed by atoms with E-state index in [1.54, 1.807) is 30.8 Å². The molecule has 0 amide bonds. The summed E-state index contributed by atoms with van der Waals surface area (Å²) in [5, 5.41) is 32.8. The SMILES string of the molecule is CS(=O)c1ccc(-c2cncc(COCC3COc4ccc(CCNCC(O)c5ccc(O)c(CO)c5)cc4O3)c2)cc1. The summed E-state index contributed by atoms with van der Waals surface area (Å²) in [6, 6.07) is 20.3. The molecule has 43 heavy (non-hydrogen) atoms. The van der Waals surface area contributed by atoms with Crippen molar-refractivity contribution in [3.05, 3.63) is 101 Å². The van der Waals surface area contributed by atoms with E-state index in [1.165, 1.54) is 6.07 Å². The molecule has 2 heterocycles. The zero-order valence-electron chi connectivity index (χ0n) is 23.9. The standard InChI is InChI=1S/C33H36N2O7S/c1-43(39)29-6-3-24(4-7-29)26-12-23(15-35-16-26)19-40-20-28-21-41-32-9-2-22(13-33(32)42-28)10-11-34-17-31(38)25-5-8-30(37)27(14-25)18-36/h2-9,12-16,28,31,34,36-38H,10-11,17-21H2,1H3. The smallest absolute Gasteiger partial charge is 0.162 e. The molecule has 0 spiro atoms. The Labute approximate surface area is 253 Å². The number of nitrogens with zero attached hydrogens (tertiary/aromatic N) is 1. The van der Waals surface area contributed by atoms with Crippen molar-refractivity contribution in [2.75, 3.05) is 32.6 Å². The second-order valence-corrected chi connectivity index (χ2v) is 11.8. The lowest BCUT2D eigenvalue weighted by Gasteiger charge is -2.27. The van der Waals surface area contributed by atoms with Gasteiger partial charge in [-0.25, -0.2) is 0 Å². The molecule has 0 saturated carbocycles. The number of nitrogens with one attached hydrogen (secondary N) is 1. The van der Waals surface area contributed by atoms with Crippen LogP contribution in [0.3, 0.4) is 0 Å². The van der Waals surface area contributed by atoms with Gasteiger partial charge in [-0.05, 0) is 77.7 Å². The van der Waals surface area contributed by atoms with Crippen LogP contribution < -0.4 is 14.8 Å². The topological polar surface area (TPSA) is 130 Å². The van der Waals surface area contributed by atoms with Crippen molar-refractivity contribution >= 4 is 10.8 Å². The number of aromatic hydroxyl groups is 1. The molecule has 10 heteroatoms. The van der Waals surface area contributed by atoms with Gasteiger partial charge in [-0.15, -0.1) is 0 Å². The molecular weight excluding hydrogens is 568 g/mol. The average Bonchev–Trinajstić information content (AvgIpc) is 3.03. The summed E-state index contributed by atoms with van der Waals surface area (Å²) in [5.74, 6) is 1.39. The second-order valence-electron chi connectivity index (χ2n) is 10.4. The molecule has 226 valence electrons. The van der Waals surface area contributed by atoms with Crippen LogP contribution in [0, 0.1) is 0 Å². The van der Waals surface area contributed by atoms with Gasteiger partial charge in [-0.2, -0.15) is 0 Å². The van der Waals surface area contributed by atoms with Crippen molar-refractivity contribution in [2.45, 2.75) is 36.7 Å². The molecule has 1 aliphatic heterocycles. The highest BCUT2D eigenvalue weighted by Crippen LogP contribution is 2.33. The number of ether oxygens (including phenoxy) is 3. The van der Waals surface area contributed by atoms with Crippen LogP contribution in [0.15, 0.2) is 84.0 Å². The molecule has 0 fully saturated rings. The van der Waals surface area contributed by atoms with Gasteiger partial charge in [0.25, 0.3) is 0 Å². The van der Waals surface area contributed by atoms with Crippen molar-refractivity contribution in [3.63, 3.8) is 0 Å². The Kier molecular flexibility index (Phi) is 10.4. The van der Waals surface area contributed by atoms with Gasteiger partial charge >= 0.3 is 0 Å². The number of aliphatic hydroxyl groups is 2. The third kappa shape index (κ3) is 8.19. The maximum absolute atomic E-state index is 11.7. The third-order valence-corrected chi connectivity index (χ3v) is 8.14. The number of phenols is 1. The van der Waals surface area contributed by atoms with E-state index in [1.807, 2.05) is 48.5 Å². The van der Waals surface area contributed by atoms with E-state index in [2.05, 4.69) is 10.3 Å². The zero-order chi connectivity index (χ0) is 30.2. The summed E-state index contributed by atoms with van der Waals surface area (Å²) in [6.07, 6.45) is 4.97. The largest absolute Gasteiger partial charge is 0.508 e. The molecule has 4 aromatic rings. The monoisotopic (exact) mass is 604 g/mol. The van der Waals surface area contributed by atoms with Gasteiger partial charge in [-0.3, -0.25) is 9.19 Å². The van der Waals surface area contributed by atoms with Crippen molar-refractivity contribution in [1.29, 1.82) is 0 Å². The summed E-state index contributed by atoms with van der Waals surface area (Å²) in [6.45, 7) is 1.83. The maximum Gasteiger partial charge on any atom is 0.162 e. The van der Waals surface area contributed by atoms with Gasteiger partial charge in [0.2, 0.25) is 0 Å². The lowest BCUT2D eigenvalue weighted by atomic mass is 10.1. The summed E-state index contributed by atoms with van der Waals surface area (Å²) >= 11 is 0. The van der Waals surface area contributed by atoms with Crippen LogP contribution >= 0.6 is 0 Å². The van der Waals surface area contributed by atoms with Crippen LogP contribution in [0.2, 0.25) is 0 Å². The first-order chi connectivity index (χ1) is 20.9. The molecule has 1 aliphatic rings. The molecule has 0 saturated heterocycles. The molecule has 4 N–H and O–H groups in total. The molecular formula is C33H36N2O7S. The lowest BCUT2D eigenvalue weighted by Crippen LogP contribution is -2.33. The number of rotatable bonds is 13. The third-order valence-electron chi connectivity index (χ3n) is 7.20. The van der Waals surface area contributed by atoms with Gasteiger partial charge in [0.15, 0.2) is 17.6 Å². The Morgan fingerprint density at radius 2 is 1.86 bits per heavy atom. The quantitative estimate of drug-likeness (QED) is 0.168. The van der Waals surface area contributed by atoms with Crippen LogP contribution in [0.1, 0.15) is 28.4 Å². The summed E-state index contributed by atoms with van der Waals surface area (Å²) in [4.78, 5) is 5.14. The lowest BCUT2D eigenvalue weighted by molar-refractivity contribution is 0.00261. The number of hydrogen-bond donors (Lipinski definition) is 4. The van der Waals surface area contributed by atoms with Gasteiger partial charge in [0.1, 0.15) is 12.4 Å². The van der Waals surface area contributed by atoms with E-state index < -0.39 is 16.9 Å². The first kappa shape index (κ1) is 30.7. The second kappa shape index (κ2) is 14.6. The number of aromatic nitrogens is 1. The van der Waals surface area contributed by atoms with Crippen LogP contribution in [0.25, 0.3) is 11.1 Å². The molecule has 0 radical (unpaired) electrons. The van der Waals surface area contributed by atoms with Crippen molar-refractivity contribution in [1.82, 2.24) is 10.3 Å². The van der Waals surface area contributed by atoms with Gasteiger partial charge in [-0.1, -0.05) is 24.3 Å². The fourth-order valence-corrected chi connectivity index (χ4v) is 5.32. The molecule has 3 aromatic carbocycles. The van der Waals surface area contributed by atoms with Crippen molar-refractivity contribution in [2.24, 2.45) is 0 Å². The highest BCUT2D eigenvalue weighted by Gasteiger charge is 2.22. The summed E-state index contributed by atoms with van der Waals surface area (Å²) < 4.78 is 29.7. The normalized spacial score (nSPS) is 15.7. The summed E-state index contributed by atoms with van der Waals surface area (Å²) in [5.41, 5.74) is 5.00. The predicted molar refractivity (Wildman–Crippen MR) is 164 cm³/mol. The number of hydrogen-bond acceptors (Lipinski definition) is 9. The Balaban J connectivity index is 1.07. The number of aliphatic hydroxyl groups excluding tert-OH is 2. The first-order valence-corrected chi connectivity index (χ1v) is 15.6. The average molecular weight is 605 g/mol. The van der Waals surface area contributed by atoms with Gasteiger partial charge in [0.05, 0.1) is 25.9 Å². The molecule has 1 aromatic heterocycles. The Hall–Kier alpha value is -3.80. The Bertz CT molecular complexity index is 1550. The zero-order valence-corrected chi connectivity index (χ0v) is 24.8. The van der Waals surface area contributed by atoms with Crippen LogP contribution in [-0.4, -0.2) is 63.2 Å². The van der Waals surface area contributed by atoms with E-state index in [-0.39, 0.29) is 18.5 Å². The minimum absolute atomic E-state index is 0.0112. The molecule has 3 unspecified atom stereocenters. The van der Waals surface area contributed by atoms with Gasteiger partial charge < -0.3 is 34.8 Å². The Morgan fingerprint density at radius 3 is 2.65 bits per heavy atom. The van der Waals surface area contributed by atoms with Crippen LogP contribution in [0.4, 0.5) is 0 Å². The minimum Gasteiger partial charge on any atom is -0.508 e. The molecule has 5 rings (SSSR count). The predicted octanol–water partition coefficient (Wildman–Crippen LogP) is 3.91. The van der Waals surface area contributed by atoms with Gasteiger partial charge in [0, 0.05) is 52.0 Å². The van der Waals surface area contributed by atoms with E-state index in [4.69, 9.17) is 14.2 Å². The number of benzene rings is 3. The first-order valence-electron chi connectivity index (χ1n) is 14.1. The number of pyridine rings is 1. The van der Waals surface area contributed by atoms with E-state index in [9.17, 15) is 19.5 Å². The summed E-state index contributed by atoms with van der Waals surface area (Å²) in [7, 11) is -1.01. The molecule has 9 nitrogen and oxygen atoms in total. The molecule has 3 atom stereocenters. The molecule has 0 aliphatic carbocycles. The van der Waals surface area contributed by atoms with Crippen molar-refractivity contribution in [3.8, 4) is 28.4 Å². The fourth-order valence-electron chi connectivity index (χ4n) is 4.80. The Morgan fingerprint density at radius 1 is 1.02 bits per heavy atom. The van der Waals surface area contributed by atoms with E-state index in [0.717, 1.165) is 33.6 Å². The van der Waals surface area contributed by atoms with E-state index >= 15 is 0 Å². The minimum atomic E-state index is -1.01. The van der Waals surface area contributed by atoms with Crippen molar-refractivity contribution < 1.29 is 33.7 Å². The maximum atomic E-state index is 11.7. The van der Waals surface area contributed by atoms with Crippen LogP contribution in [-0.2, 0) is 35.2 Å². The highest BCUT2D eigenvalue weighted by molar-refractivity contribution is 7.84. The highest BCUT2D eigenvalue weighted by atomic mass is 32.2. The molecule has 0 bridgehead atoms.